The summed E-state index contributed by atoms with van der Waals surface area (Å²) in [6, 6.07) is 2.72. The standard InChI is InChI=1S/C12H16Cl2FNO/c1-7(17-3)6-16-8(2)9-4-12(15)11(14)5-10(9)13/h4-5,7-8,16H,6H2,1-3H3. The summed E-state index contributed by atoms with van der Waals surface area (Å²) in [5, 5.41) is 3.72. The number of benzene rings is 1. The highest BCUT2D eigenvalue weighted by Crippen LogP contribution is 2.28. The van der Waals surface area contributed by atoms with Crippen molar-refractivity contribution in [3.8, 4) is 0 Å². The number of ether oxygens (including phenoxy) is 1. The molecule has 1 N–H and O–H groups in total. The van der Waals surface area contributed by atoms with Gasteiger partial charge in [0.15, 0.2) is 0 Å². The molecule has 0 aliphatic rings. The van der Waals surface area contributed by atoms with E-state index < -0.39 is 5.82 Å². The van der Waals surface area contributed by atoms with Crippen LogP contribution in [0.4, 0.5) is 4.39 Å². The van der Waals surface area contributed by atoms with Crippen molar-refractivity contribution >= 4 is 23.2 Å². The number of rotatable bonds is 5. The Hall–Kier alpha value is -0.350. The lowest BCUT2D eigenvalue weighted by Gasteiger charge is -2.18. The second kappa shape index (κ2) is 6.55. The molecule has 0 amide bonds. The Kier molecular flexibility index (Phi) is 5.67. The summed E-state index contributed by atoms with van der Waals surface area (Å²) in [6.45, 7) is 4.53. The molecule has 0 heterocycles. The molecule has 1 aromatic carbocycles. The van der Waals surface area contributed by atoms with Gasteiger partial charge in [-0.3, -0.25) is 0 Å². The van der Waals surface area contributed by atoms with Crippen molar-refractivity contribution in [3.05, 3.63) is 33.6 Å². The second-order valence-electron chi connectivity index (χ2n) is 3.96. The molecule has 2 unspecified atom stereocenters. The van der Waals surface area contributed by atoms with Gasteiger partial charge in [-0.1, -0.05) is 23.2 Å². The third kappa shape index (κ3) is 4.11. The van der Waals surface area contributed by atoms with E-state index in [4.69, 9.17) is 27.9 Å². The lowest BCUT2D eigenvalue weighted by atomic mass is 10.1. The molecular formula is C12H16Cl2FNO. The first-order valence-electron chi connectivity index (χ1n) is 5.36. The molecule has 17 heavy (non-hydrogen) atoms. The van der Waals surface area contributed by atoms with Crippen LogP contribution in [0.2, 0.25) is 10.0 Å². The first-order chi connectivity index (χ1) is 7.95. The summed E-state index contributed by atoms with van der Waals surface area (Å²) in [7, 11) is 1.64. The van der Waals surface area contributed by atoms with Crippen LogP contribution in [0.15, 0.2) is 12.1 Å². The molecule has 2 atom stereocenters. The molecule has 0 saturated carbocycles. The minimum Gasteiger partial charge on any atom is -0.380 e. The predicted molar refractivity (Wildman–Crippen MR) is 69.3 cm³/mol. The van der Waals surface area contributed by atoms with E-state index in [1.54, 1.807) is 7.11 Å². The van der Waals surface area contributed by atoms with E-state index in [0.29, 0.717) is 17.1 Å². The third-order valence-corrected chi connectivity index (χ3v) is 3.24. The van der Waals surface area contributed by atoms with E-state index in [1.165, 1.54) is 12.1 Å². The lowest BCUT2D eigenvalue weighted by Crippen LogP contribution is -2.28. The van der Waals surface area contributed by atoms with Crippen LogP contribution in [-0.2, 0) is 4.74 Å². The summed E-state index contributed by atoms with van der Waals surface area (Å²) in [5.41, 5.74) is 0.692. The highest BCUT2D eigenvalue weighted by molar-refractivity contribution is 6.35. The average molecular weight is 280 g/mol. The molecular weight excluding hydrogens is 264 g/mol. The van der Waals surface area contributed by atoms with Gasteiger partial charge in [0.1, 0.15) is 5.82 Å². The zero-order valence-corrected chi connectivity index (χ0v) is 11.6. The monoisotopic (exact) mass is 279 g/mol. The van der Waals surface area contributed by atoms with E-state index >= 15 is 0 Å². The van der Waals surface area contributed by atoms with Crippen molar-refractivity contribution in [3.63, 3.8) is 0 Å². The smallest absolute Gasteiger partial charge is 0.142 e. The van der Waals surface area contributed by atoms with E-state index in [9.17, 15) is 4.39 Å². The van der Waals surface area contributed by atoms with E-state index in [0.717, 1.165) is 0 Å². The molecule has 0 bridgehead atoms. The summed E-state index contributed by atoms with van der Waals surface area (Å²) in [6.07, 6.45) is 0.0911. The lowest BCUT2D eigenvalue weighted by molar-refractivity contribution is 0.115. The molecule has 0 spiro atoms. The van der Waals surface area contributed by atoms with Crippen molar-refractivity contribution in [1.82, 2.24) is 5.32 Å². The van der Waals surface area contributed by atoms with Gasteiger partial charge in [0.2, 0.25) is 0 Å². The molecule has 5 heteroatoms. The van der Waals surface area contributed by atoms with Crippen molar-refractivity contribution < 1.29 is 9.13 Å². The number of nitrogens with one attached hydrogen (secondary N) is 1. The van der Waals surface area contributed by atoms with Gasteiger partial charge < -0.3 is 10.1 Å². The van der Waals surface area contributed by atoms with Crippen LogP contribution in [0.3, 0.4) is 0 Å². The summed E-state index contributed by atoms with van der Waals surface area (Å²) >= 11 is 11.7. The number of halogens is 3. The molecule has 0 aliphatic heterocycles. The highest BCUT2D eigenvalue weighted by Gasteiger charge is 2.13. The van der Waals surface area contributed by atoms with Gasteiger partial charge in [-0.05, 0) is 31.5 Å². The highest BCUT2D eigenvalue weighted by atomic mass is 35.5. The Balaban J connectivity index is 2.75. The van der Waals surface area contributed by atoms with E-state index in [2.05, 4.69) is 5.32 Å². The number of methoxy groups -OCH3 is 1. The van der Waals surface area contributed by atoms with Crippen LogP contribution in [0.5, 0.6) is 0 Å². The van der Waals surface area contributed by atoms with Gasteiger partial charge in [-0.25, -0.2) is 4.39 Å². The van der Waals surface area contributed by atoms with E-state index in [1.807, 2.05) is 13.8 Å². The minimum absolute atomic E-state index is 0.0382. The van der Waals surface area contributed by atoms with Crippen molar-refractivity contribution in [2.45, 2.75) is 26.0 Å². The fourth-order valence-electron chi connectivity index (χ4n) is 1.41. The fraction of sp³-hybridized carbons (Fsp3) is 0.500. The van der Waals surface area contributed by atoms with Gasteiger partial charge in [0.05, 0.1) is 11.1 Å². The van der Waals surface area contributed by atoms with Gasteiger partial charge in [0, 0.05) is 24.7 Å². The summed E-state index contributed by atoms with van der Waals surface area (Å²) in [4.78, 5) is 0. The summed E-state index contributed by atoms with van der Waals surface area (Å²) < 4.78 is 18.5. The van der Waals surface area contributed by atoms with Crippen LogP contribution in [0.1, 0.15) is 25.5 Å². The Morgan fingerprint density at radius 1 is 1.29 bits per heavy atom. The Morgan fingerprint density at radius 2 is 1.94 bits per heavy atom. The van der Waals surface area contributed by atoms with Crippen molar-refractivity contribution in [2.75, 3.05) is 13.7 Å². The molecule has 0 saturated heterocycles. The fourth-order valence-corrected chi connectivity index (χ4v) is 1.95. The molecule has 0 aromatic heterocycles. The van der Waals surface area contributed by atoms with Crippen molar-refractivity contribution in [2.24, 2.45) is 0 Å². The average Bonchev–Trinajstić information content (AvgIpc) is 2.30. The third-order valence-electron chi connectivity index (χ3n) is 2.62. The zero-order chi connectivity index (χ0) is 13.0. The first kappa shape index (κ1) is 14.7. The number of hydrogen-bond donors (Lipinski definition) is 1. The van der Waals surface area contributed by atoms with Gasteiger partial charge in [-0.15, -0.1) is 0 Å². The molecule has 0 fully saturated rings. The van der Waals surface area contributed by atoms with Crippen LogP contribution >= 0.6 is 23.2 Å². The second-order valence-corrected chi connectivity index (χ2v) is 4.78. The Labute approximate surface area is 111 Å². The summed E-state index contributed by atoms with van der Waals surface area (Å²) in [5.74, 6) is -0.459. The van der Waals surface area contributed by atoms with Gasteiger partial charge in [-0.2, -0.15) is 0 Å². The minimum atomic E-state index is -0.459. The van der Waals surface area contributed by atoms with Gasteiger partial charge in [0.25, 0.3) is 0 Å². The molecule has 96 valence electrons. The van der Waals surface area contributed by atoms with Crippen LogP contribution in [-0.4, -0.2) is 19.8 Å². The normalized spacial score (nSPS) is 14.7. The number of hydrogen-bond acceptors (Lipinski definition) is 2. The molecule has 0 radical (unpaired) electrons. The van der Waals surface area contributed by atoms with Crippen LogP contribution in [0, 0.1) is 5.82 Å². The van der Waals surface area contributed by atoms with Gasteiger partial charge >= 0.3 is 0 Å². The van der Waals surface area contributed by atoms with Crippen LogP contribution < -0.4 is 5.32 Å². The zero-order valence-electron chi connectivity index (χ0n) is 10.1. The molecule has 0 aliphatic carbocycles. The Morgan fingerprint density at radius 3 is 2.53 bits per heavy atom. The maximum absolute atomic E-state index is 13.3. The quantitative estimate of drug-likeness (QED) is 0.828. The largest absolute Gasteiger partial charge is 0.380 e. The first-order valence-corrected chi connectivity index (χ1v) is 6.12. The molecule has 1 rings (SSSR count). The van der Waals surface area contributed by atoms with Crippen molar-refractivity contribution in [1.29, 1.82) is 0 Å². The Bertz CT molecular complexity index is 387. The predicted octanol–water partition coefficient (Wildman–Crippen LogP) is 3.82. The maximum Gasteiger partial charge on any atom is 0.142 e. The maximum atomic E-state index is 13.3. The molecule has 1 aromatic rings. The SMILES string of the molecule is COC(C)CNC(C)c1cc(F)c(Cl)cc1Cl. The van der Waals surface area contributed by atoms with Crippen LogP contribution in [0.25, 0.3) is 0 Å². The topological polar surface area (TPSA) is 21.3 Å². The molecule has 2 nitrogen and oxygen atoms in total. The van der Waals surface area contributed by atoms with E-state index in [-0.39, 0.29) is 17.2 Å².